The molecule has 0 bridgehead atoms. The third-order valence-electron chi connectivity index (χ3n) is 7.08. The molecule has 2 N–H and O–H groups in total. The summed E-state index contributed by atoms with van der Waals surface area (Å²) in [5, 5.41) is 12.2. The summed E-state index contributed by atoms with van der Waals surface area (Å²) in [7, 11) is 0. The molecule has 2 heterocycles. The maximum Gasteiger partial charge on any atom is 0.225 e. The van der Waals surface area contributed by atoms with Crippen LogP contribution in [-0.2, 0) is 11.3 Å². The van der Waals surface area contributed by atoms with Gasteiger partial charge in [-0.15, -0.1) is 0 Å². The highest BCUT2D eigenvalue weighted by atomic mass is 16.1. The number of anilines is 1. The predicted molar refractivity (Wildman–Crippen MR) is 147 cm³/mol. The lowest BCUT2D eigenvalue weighted by Crippen LogP contribution is -2.24. The molecule has 186 valence electrons. The SMILES string of the molecule is CC(NCCC(=O)Nc1ccc2cnn(CCN3CCCC3)c2c1)c1ccc(-c2ccccc2)cc1. The number of benzene rings is 3. The van der Waals surface area contributed by atoms with Gasteiger partial charge in [-0.3, -0.25) is 9.48 Å². The van der Waals surface area contributed by atoms with Crippen LogP contribution in [0, 0.1) is 0 Å². The van der Waals surface area contributed by atoms with E-state index in [9.17, 15) is 4.79 Å². The summed E-state index contributed by atoms with van der Waals surface area (Å²) in [6, 6.07) is 25.2. The van der Waals surface area contributed by atoms with Gasteiger partial charge in [0.15, 0.2) is 0 Å². The van der Waals surface area contributed by atoms with Gasteiger partial charge in [-0.2, -0.15) is 5.10 Å². The number of fused-ring (bicyclic) bond motifs is 1. The van der Waals surface area contributed by atoms with Crippen molar-refractivity contribution in [1.82, 2.24) is 20.0 Å². The van der Waals surface area contributed by atoms with E-state index in [0.717, 1.165) is 29.7 Å². The first-order chi connectivity index (χ1) is 17.7. The molecular formula is C30H35N5O. The van der Waals surface area contributed by atoms with Gasteiger partial charge in [-0.05, 0) is 67.7 Å². The molecule has 0 radical (unpaired) electrons. The van der Waals surface area contributed by atoms with E-state index in [4.69, 9.17) is 0 Å². The molecular weight excluding hydrogens is 446 g/mol. The highest BCUT2D eigenvalue weighted by Gasteiger charge is 2.13. The lowest BCUT2D eigenvalue weighted by Gasteiger charge is -2.15. The summed E-state index contributed by atoms with van der Waals surface area (Å²) in [5.41, 5.74) is 5.52. The molecule has 1 amide bonds. The van der Waals surface area contributed by atoms with Crippen LogP contribution >= 0.6 is 0 Å². The Morgan fingerprint density at radius 3 is 2.47 bits per heavy atom. The fraction of sp³-hybridized carbons (Fsp3) is 0.333. The van der Waals surface area contributed by atoms with Gasteiger partial charge in [0, 0.05) is 36.6 Å². The molecule has 0 spiro atoms. The van der Waals surface area contributed by atoms with E-state index in [-0.39, 0.29) is 11.9 Å². The first-order valence-corrected chi connectivity index (χ1v) is 13.0. The summed E-state index contributed by atoms with van der Waals surface area (Å²) < 4.78 is 2.05. The average molecular weight is 482 g/mol. The van der Waals surface area contributed by atoms with E-state index >= 15 is 0 Å². The number of carbonyl (C=O) groups is 1. The van der Waals surface area contributed by atoms with Gasteiger partial charge in [0.1, 0.15) is 0 Å². The molecule has 6 heteroatoms. The van der Waals surface area contributed by atoms with Gasteiger partial charge in [-0.1, -0.05) is 54.6 Å². The van der Waals surface area contributed by atoms with Crippen molar-refractivity contribution in [3.05, 3.63) is 84.6 Å². The van der Waals surface area contributed by atoms with Crippen LogP contribution in [0.5, 0.6) is 0 Å². The van der Waals surface area contributed by atoms with Gasteiger partial charge in [0.25, 0.3) is 0 Å². The minimum Gasteiger partial charge on any atom is -0.326 e. The maximum absolute atomic E-state index is 12.6. The van der Waals surface area contributed by atoms with Gasteiger partial charge in [0.2, 0.25) is 5.91 Å². The highest BCUT2D eigenvalue weighted by molar-refractivity contribution is 5.93. The number of hydrogen-bond donors (Lipinski definition) is 2. The van der Waals surface area contributed by atoms with Crippen molar-refractivity contribution in [1.29, 1.82) is 0 Å². The lowest BCUT2D eigenvalue weighted by molar-refractivity contribution is -0.116. The smallest absolute Gasteiger partial charge is 0.225 e. The van der Waals surface area contributed by atoms with Crippen molar-refractivity contribution < 1.29 is 4.79 Å². The third-order valence-corrected chi connectivity index (χ3v) is 7.08. The minimum absolute atomic E-state index is 0.0107. The zero-order valence-electron chi connectivity index (χ0n) is 21.0. The van der Waals surface area contributed by atoms with E-state index in [2.05, 4.69) is 80.8 Å². The molecule has 6 nitrogen and oxygen atoms in total. The number of nitrogens with one attached hydrogen (secondary N) is 2. The van der Waals surface area contributed by atoms with Crippen molar-refractivity contribution in [2.75, 3.05) is 31.5 Å². The second-order valence-electron chi connectivity index (χ2n) is 9.65. The van der Waals surface area contributed by atoms with E-state index in [0.29, 0.717) is 13.0 Å². The number of nitrogens with zero attached hydrogens (tertiary/aromatic N) is 3. The number of amides is 1. The van der Waals surface area contributed by atoms with Gasteiger partial charge in [-0.25, -0.2) is 0 Å². The quantitative estimate of drug-likeness (QED) is 0.315. The monoisotopic (exact) mass is 481 g/mol. The third kappa shape index (κ3) is 6.01. The molecule has 0 saturated carbocycles. The lowest BCUT2D eigenvalue weighted by atomic mass is 10.0. The molecule has 5 rings (SSSR count). The molecule has 1 aliphatic heterocycles. The molecule has 1 aliphatic rings. The van der Waals surface area contributed by atoms with E-state index in [1.807, 2.05) is 30.5 Å². The standard InChI is InChI=1S/C30H35N5O/c1-23(24-9-11-26(12-10-24)25-7-3-2-4-8-25)31-16-15-30(36)33-28-14-13-27-22-32-35(29(27)21-28)20-19-34-17-5-6-18-34/h2-4,7-14,21-23,31H,5-6,15-20H2,1H3,(H,33,36). The van der Waals surface area contributed by atoms with Crippen molar-refractivity contribution >= 4 is 22.5 Å². The van der Waals surface area contributed by atoms with Crippen LogP contribution in [0.4, 0.5) is 5.69 Å². The topological polar surface area (TPSA) is 62.2 Å². The van der Waals surface area contributed by atoms with Crippen LogP contribution in [0.2, 0.25) is 0 Å². The number of likely N-dealkylation sites (tertiary alicyclic amines) is 1. The van der Waals surface area contributed by atoms with Crippen molar-refractivity contribution in [3.63, 3.8) is 0 Å². The largest absolute Gasteiger partial charge is 0.326 e. The average Bonchev–Trinajstić information content (AvgIpc) is 3.58. The Hall–Kier alpha value is -3.48. The summed E-state index contributed by atoms with van der Waals surface area (Å²) in [6.45, 7) is 7.01. The van der Waals surface area contributed by atoms with Gasteiger partial charge < -0.3 is 15.5 Å². The maximum atomic E-state index is 12.6. The van der Waals surface area contributed by atoms with Crippen LogP contribution in [-0.4, -0.2) is 46.8 Å². The normalized spacial score (nSPS) is 14.8. The van der Waals surface area contributed by atoms with Crippen LogP contribution in [0.15, 0.2) is 79.0 Å². The Bertz CT molecular complexity index is 1280. The first kappa shape index (κ1) is 24.2. The molecule has 0 aliphatic carbocycles. The molecule has 1 unspecified atom stereocenters. The number of hydrogen-bond acceptors (Lipinski definition) is 4. The zero-order valence-corrected chi connectivity index (χ0v) is 21.0. The summed E-state index contributed by atoms with van der Waals surface area (Å²) in [4.78, 5) is 15.1. The fourth-order valence-corrected chi connectivity index (χ4v) is 4.91. The van der Waals surface area contributed by atoms with Crippen molar-refractivity contribution in [2.45, 2.75) is 38.8 Å². The molecule has 1 atom stereocenters. The van der Waals surface area contributed by atoms with Crippen LogP contribution in [0.3, 0.4) is 0 Å². The number of aromatic nitrogens is 2. The second kappa shape index (κ2) is 11.5. The molecule has 1 aromatic heterocycles. The summed E-state index contributed by atoms with van der Waals surface area (Å²) in [6.07, 6.45) is 4.91. The van der Waals surface area contributed by atoms with Crippen LogP contribution in [0.25, 0.3) is 22.0 Å². The Morgan fingerprint density at radius 1 is 0.944 bits per heavy atom. The molecule has 36 heavy (non-hydrogen) atoms. The van der Waals surface area contributed by atoms with E-state index in [1.165, 1.54) is 42.6 Å². The van der Waals surface area contributed by atoms with Crippen LogP contribution < -0.4 is 10.6 Å². The first-order valence-electron chi connectivity index (χ1n) is 13.0. The Kier molecular flexibility index (Phi) is 7.74. The molecule has 3 aromatic carbocycles. The Morgan fingerprint density at radius 2 is 1.69 bits per heavy atom. The second-order valence-corrected chi connectivity index (χ2v) is 9.65. The Labute approximate surface area is 213 Å². The summed E-state index contributed by atoms with van der Waals surface area (Å²) in [5.74, 6) is 0.0107. The molecule has 4 aromatic rings. The van der Waals surface area contributed by atoms with E-state index in [1.54, 1.807) is 0 Å². The predicted octanol–water partition coefficient (Wildman–Crippen LogP) is 5.48. The fourth-order valence-electron chi connectivity index (χ4n) is 4.91. The van der Waals surface area contributed by atoms with E-state index < -0.39 is 0 Å². The van der Waals surface area contributed by atoms with Crippen LogP contribution in [0.1, 0.15) is 37.8 Å². The number of carbonyl (C=O) groups excluding carboxylic acids is 1. The number of rotatable bonds is 10. The molecule has 1 fully saturated rings. The molecule has 1 saturated heterocycles. The van der Waals surface area contributed by atoms with Gasteiger partial charge >= 0.3 is 0 Å². The minimum atomic E-state index is 0.0107. The van der Waals surface area contributed by atoms with Crippen molar-refractivity contribution in [2.24, 2.45) is 0 Å². The highest BCUT2D eigenvalue weighted by Crippen LogP contribution is 2.22. The Balaban J connectivity index is 1.11. The summed E-state index contributed by atoms with van der Waals surface area (Å²) >= 11 is 0. The zero-order chi connectivity index (χ0) is 24.7. The van der Waals surface area contributed by atoms with Crippen molar-refractivity contribution in [3.8, 4) is 11.1 Å². The van der Waals surface area contributed by atoms with Gasteiger partial charge in [0.05, 0.1) is 18.3 Å².